The Kier molecular flexibility index (Phi) is 3.04. The lowest BCUT2D eigenvalue weighted by Gasteiger charge is -2.34. The normalized spacial score (nSPS) is 30.7. The largest absolute Gasteiger partial charge is 0.0850 e. The summed E-state index contributed by atoms with van der Waals surface area (Å²) in [6, 6.07) is 0. The van der Waals surface area contributed by atoms with Crippen LogP contribution < -0.4 is 0 Å². The maximum atomic E-state index is 2.53. The summed E-state index contributed by atoms with van der Waals surface area (Å²) in [6.45, 7) is 7.11. The van der Waals surface area contributed by atoms with Crippen molar-refractivity contribution in [2.45, 2.75) is 59.3 Å². The van der Waals surface area contributed by atoms with E-state index in [0.29, 0.717) is 5.41 Å². The molecule has 0 saturated carbocycles. The predicted molar refractivity (Wildman–Crippen MR) is 66.8 cm³/mol. The van der Waals surface area contributed by atoms with Gasteiger partial charge in [-0.15, -0.1) is 0 Å². The molecule has 0 aromatic heterocycles. The minimum absolute atomic E-state index is 0.556. The average molecular weight is 204 g/mol. The first-order valence-electron chi connectivity index (χ1n) is 6.41. The first kappa shape index (κ1) is 11.0. The minimum atomic E-state index is 0.556. The van der Waals surface area contributed by atoms with Gasteiger partial charge in [-0.2, -0.15) is 0 Å². The Hall–Kier alpha value is -0.520. The van der Waals surface area contributed by atoms with E-state index in [9.17, 15) is 0 Å². The molecule has 0 saturated heterocycles. The fraction of sp³-hybridized carbons (Fsp3) is 0.733. The standard InChI is InChI=1S/C15H24/c1-12-6-8-13(9-7-12)14-5-4-10-15(2,3)11-14/h5-6,13H,4,7-11H2,1-3H3/t13-/m1/s1. The van der Waals surface area contributed by atoms with Crippen molar-refractivity contribution in [2.24, 2.45) is 11.3 Å². The Morgan fingerprint density at radius 2 is 2.07 bits per heavy atom. The summed E-state index contributed by atoms with van der Waals surface area (Å²) in [5.74, 6) is 0.869. The zero-order chi connectivity index (χ0) is 10.9. The van der Waals surface area contributed by atoms with Crippen LogP contribution in [0.5, 0.6) is 0 Å². The van der Waals surface area contributed by atoms with Crippen LogP contribution in [0.4, 0.5) is 0 Å². The van der Waals surface area contributed by atoms with Crippen LogP contribution in [0, 0.1) is 11.3 Å². The van der Waals surface area contributed by atoms with Crippen molar-refractivity contribution in [2.75, 3.05) is 0 Å². The van der Waals surface area contributed by atoms with Crippen LogP contribution in [0.25, 0.3) is 0 Å². The van der Waals surface area contributed by atoms with E-state index in [4.69, 9.17) is 0 Å². The highest BCUT2D eigenvalue weighted by Gasteiger charge is 2.27. The summed E-state index contributed by atoms with van der Waals surface area (Å²) in [4.78, 5) is 0. The van der Waals surface area contributed by atoms with Gasteiger partial charge in [-0.05, 0) is 56.8 Å². The molecular formula is C15H24. The summed E-state index contributed by atoms with van der Waals surface area (Å²) < 4.78 is 0. The lowest BCUT2D eigenvalue weighted by molar-refractivity contribution is 0.300. The maximum absolute atomic E-state index is 2.53. The van der Waals surface area contributed by atoms with Crippen molar-refractivity contribution < 1.29 is 0 Å². The summed E-state index contributed by atoms with van der Waals surface area (Å²) in [5.41, 5.74) is 3.91. The van der Waals surface area contributed by atoms with Crippen molar-refractivity contribution in [1.29, 1.82) is 0 Å². The molecule has 0 fully saturated rings. The number of hydrogen-bond acceptors (Lipinski definition) is 0. The summed E-state index contributed by atoms with van der Waals surface area (Å²) >= 11 is 0. The van der Waals surface area contributed by atoms with E-state index < -0.39 is 0 Å². The van der Waals surface area contributed by atoms with E-state index in [0.717, 1.165) is 5.92 Å². The zero-order valence-electron chi connectivity index (χ0n) is 10.5. The van der Waals surface area contributed by atoms with E-state index in [2.05, 4.69) is 32.9 Å². The van der Waals surface area contributed by atoms with Crippen molar-refractivity contribution >= 4 is 0 Å². The van der Waals surface area contributed by atoms with E-state index >= 15 is 0 Å². The Labute approximate surface area is 94.5 Å². The molecule has 2 aliphatic rings. The van der Waals surface area contributed by atoms with Gasteiger partial charge >= 0.3 is 0 Å². The van der Waals surface area contributed by atoms with Gasteiger partial charge in [0.15, 0.2) is 0 Å². The van der Waals surface area contributed by atoms with Gasteiger partial charge in [-0.1, -0.05) is 37.1 Å². The van der Waals surface area contributed by atoms with Crippen molar-refractivity contribution in [1.82, 2.24) is 0 Å². The average Bonchev–Trinajstić information content (AvgIpc) is 2.17. The van der Waals surface area contributed by atoms with E-state index in [1.165, 1.54) is 38.5 Å². The van der Waals surface area contributed by atoms with Gasteiger partial charge in [0, 0.05) is 0 Å². The molecule has 0 aliphatic heterocycles. The fourth-order valence-electron chi connectivity index (χ4n) is 2.97. The van der Waals surface area contributed by atoms with Gasteiger partial charge in [0.2, 0.25) is 0 Å². The van der Waals surface area contributed by atoms with Crippen LogP contribution >= 0.6 is 0 Å². The maximum Gasteiger partial charge on any atom is -0.0165 e. The van der Waals surface area contributed by atoms with Gasteiger partial charge in [-0.25, -0.2) is 0 Å². The molecule has 0 unspecified atom stereocenters. The van der Waals surface area contributed by atoms with Gasteiger partial charge in [0.05, 0.1) is 0 Å². The van der Waals surface area contributed by atoms with Crippen molar-refractivity contribution in [3.63, 3.8) is 0 Å². The quantitative estimate of drug-likeness (QED) is 0.535. The second kappa shape index (κ2) is 4.15. The molecule has 0 aromatic carbocycles. The Bertz CT molecular complexity index is 291. The van der Waals surface area contributed by atoms with Crippen LogP contribution in [0.3, 0.4) is 0 Å². The Balaban J connectivity index is 2.03. The van der Waals surface area contributed by atoms with Gasteiger partial charge < -0.3 is 0 Å². The lowest BCUT2D eigenvalue weighted by Crippen LogP contribution is -2.20. The molecule has 0 amide bonds. The van der Waals surface area contributed by atoms with E-state index in [-0.39, 0.29) is 0 Å². The Morgan fingerprint density at radius 3 is 2.67 bits per heavy atom. The zero-order valence-corrected chi connectivity index (χ0v) is 10.5. The van der Waals surface area contributed by atoms with Crippen LogP contribution in [0.15, 0.2) is 23.3 Å². The molecule has 0 spiro atoms. The highest BCUT2D eigenvalue weighted by atomic mass is 14.3. The SMILES string of the molecule is CC1=CC[C@@H](C2=CCCC(C)(C)C2)CC1. The molecular weight excluding hydrogens is 180 g/mol. The molecule has 2 aliphatic carbocycles. The molecule has 0 bridgehead atoms. The van der Waals surface area contributed by atoms with Crippen LogP contribution in [-0.4, -0.2) is 0 Å². The van der Waals surface area contributed by atoms with E-state index in [1.54, 1.807) is 11.1 Å². The number of hydrogen-bond donors (Lipinski definition) is 0. The topological polar surface area (TPSA) is 0 Å². The summed E-state index contributed by atoms with van der Waals surface area (Å²) in [6.07, 6.45) is 13.0. The number of allylic oxidation sites excluding steroid dienone is 4. The van der Waals surface area contributed by atoms with Gasteiger partial charge in [0.25, 0.3) is 0 Å². The third kappa shape index (κ3) is 2.74. The van der Waals surface area contributed by atoms with Crippen LogP contribution in [-0.2, 0) is 0 Å². The molecule has 0 heterocycles. The summed E-state index contributed by atoms with van der Waals surface area (Å²) in [5, 5.41) is 0. The highest BCUT2D eigenvalue weighted by molar-refractivity contribution is 5.17. The van der Waals surface area contributed by atoms with E-state index in [1.807, 2.05) is 0 Å². The molecule has 15 heavy (non-hydrogen) atoms. The van der Waals surface area contributed by atoms with Crippen LogP contribution in [0.2, 0.25) is 0 Å². The third-order valence-electron chi connectivity index (χ3n) is 4.07. The van der Waals surface area contributed by atoms with Crippen molar-refractivity contribution in [3.8, 4) is 0 Å². The molecule has 2 rings (SSSR count). The molecule has 0 N–H and O–H groups in total. The summed E-state index contributed by atoms with van der Waals surface area (Å²) in [7, 11) is 0. The molecule has 0 aromatic rings. The second-order valence-electron chi connectivity index (χ2n) is 6.18. The number of rotatable bonds is 1. The predicted octanol–water partition coefficient (Wildman–Crippen LogP) is 4.87. The fourth-order valence-corrected chi connectivity index (χ4v) is 2.97. The third-order valence-corrected chi connectivity index (χ3v) is 4.07. The smallest absolute Gasteiger partial charge is 0.0165 e. The lowest BCUT2D eigenvalue weighted by atomic mass is 9.71. The molecule has 0 radical (unpaired) electrons. The molecule has 0 nitrogen and oxygen atoms in total. The monoisotopic (exact) mass is 204 g/mol. The first-order valence-corrected chi connectivity index (χ1v) is 6.41. The first-order chi connectivity index (χ1) is 7.07. The van der Waals surface area contributed by atoms with Crippen molar-refractivity contribution in [3.05, 3.63) is 23.3 Å². The van der Waals surface area contributed by atoms with Gasteiger partial charge in [-0.3, -0.25) is 0 Å². The minimum Gasteiger partial charge on any atom is -0.0850 e. The second-order valence-corrected chi connectivity index (χ2v) is 6.18. The van der Waals surface area contributed by atoms with Gasteiger partial charge in [0.1, 0.15) is 0 Å². The molecule has 84 valence electrons. The molecule has 0 heteroatoms. The Morgan fingerprint density at radius 1 is 1.27 bits per heavy atom. The molecule has 1 atom stereocenters. The highest BCUT2D eigenvalue weighted by Crippen LogP contribution is 2.41. The van der Waals surface area contributed by atoms with Crippen LogP contribution in [0.1, 0.15) is 59.3 Å².